The van der Waals surface area contributed by atoms with E-state index < -0.39 is 0 Å². The minimum Gasteiger partial charge on any atom is -0.473 e. The monoisotopic (exact) mass is 495 g/mol. The molecule has 1 fully saturated rings. The molecule has 0 saturated carbocycles. The van der Waals surface area contributed by atoms with Crippen molar-refractivity contribution in [3.8, 4) is 5.88 Å². The van der Waals surface area contributed by atoms with E-state index >= 15 is 0 Å². The molecule has 0 bridgehead atoms. The molecule has 0 aliphatic carbocycles. The number of rotatable bonds is 11. The van der Waals surface area contributed by atoms with Gasteiger partial charge in [-0.3, -0.25) is 0 Å². The van der Waals surface area contributed by atoms with Crippen molar-refractivity contribution in [3.05, 3.63) is 132 Å². The van der Waals surface area contributed by atoms with Gasteiger partial charge in [-0.05, 0) is 29.2 Å². The molecule has 0 spiro atoms. The molecule has 4 atom stereocenters. The van der Waals surface area contributed by atoms with Crippen molar-refractivity contribution >= 4 is 0 Å². The SMILES string of the molecule is CC[C@H]1O[C@@H](c2ccc(OCc3ccccc3)nc2)C(OCc2ccccc2)[C@H]1OCc1ccccc1. The molecule has 1 saturated heterocycles. The van der Waals surface area contributed by atoms with Gasteiger partial charge in [0.25, 0.3) is 0 Å². The quantitative estimate of drug-likeness (QED) is 0.232. The first-order chi connectivity index (χ1) is 18.3. The van der Waals surface area contributed by atoms with Crippen molar-refractivity contribution in [3.63, 3.8) is 0 Å². The van der Waals surface area contributed by atoms with Gasteiger partial charge >= 0.3 is 0 Å². The van der Waals surface area contributed by atoms with E-state index in [0.717, 1.165) is 28.7 Å². The normalized spacial score (nSPS) is 21.1. The van der Waals surface area contributed by atoms with E-state index in [1.807, 2.05) is 85.1 Å². The predicted octanol–water partition coefficient (Wildman–Crippen LogP) is 6.68. The predicted molar refractivity (Wildman–Crippen MR) is 143 cm³/mol. The summed E-state index contributed by atoms with van der Waals surface area (Å²) in [7, 11) is 0. The Bertz CT molecular complexity index is 1200. The van der Waals surface area contributed by atoms with Crippen LogP contribution >= 0.6 is 0 Å². The molecule has 0 amide bonds. The number of pyridine rings is 1. The molecule has 5 nitrogen and oxygen atoms in total. The van der Waals surface area contributed by atoms with Gasteiger partial charge in [0.2, 0.25) is 5.88 Å². The highest BCUT2D eigenvalue weighted by atomic mass is 16.6. The second kappa shape index (κ2) is 12.6. The minimum absolute atomic E-state index is 0.0801. The standard InChI is InChI=1S/C32H33NO4/c1-2-28-31(35-22-25-14-8-4-9-15-25)32(36-23-26-16-10-5-11-17-26)30(37-28)27-18-19-29(33-20-27)34-21-24-12-6-3-7-13-24/h3-20,28,30-32H,2,21-23H2,1H3/t28-,30+,31+,32?/m1/s1. The molecule has 0 N–H and O–H groups in total. The number of nitrogens with zero attached hydrogens (tertiary/aromatic N) is 1. The summed E-state index contributed by atoms with van der Waals surface area (Å²) in [6, 6.07) is 34.4. The second-order valence-corrected chi connectivity index (χ2v) is 9.23. The first-order valence-corrected chi connectivity index (χ1v) is 12.9. The van der Waals surface area contributed by atoms with E-state index in [-0.39, 0.29) is 24.4 Å². The Balaban J connectivity index is 1.32. The fraction of sp³-hybridized carbons (Fsp3) is 0.281. The van der Waals surface area contributed by atoms with Crippen molar-refractivity contribution in [2.75, 3.05) is 0 Å². The van der Waals surface area contributed by atoms with E-state index in [0.29, 0.717) is 25.7 Å². The van der Waals surface area contributed by atoms with Crippen LogP contribution in [0.4, 0.5) is 0 Å². The second-order valence-electron chi connectivity index (χ2n) is 9.23. The van der Waals surface area contributed by atoms with Crippen LogP contribution in [0.3, 0.4) is 0 Å². The first-order valence-electron chi connectivity index (χ1n) is 12.9. The number of hydrogen-bond donors (Lipinski definition) is 0. The molecule has 1 aromatic heterocycles. The van der Waals surface area contributed by atoms with Gasteiger partial charge in [0.1, 0.15) is 24.9 Å². The molecule has 2 heterocycles. The van der Waals surface area contributed by atoms with Gasteiger partial charge in [0, 0.05) is 17.8 Å². The lowest BCUT2D eigenvalue weighted by molar-refractivity contribution is -0.0794. The lowest BCUT2D eigenvalue weighted by atomic mass is 10.0. The van der Waals surface area contributed by atoms with Gasteiger partial charge < -0.3 is 18.9 Å². The molecule has 37 heavy (non-hydrogen) atoms. The van der Waals surface area contributed by atoms with Crippen molar-refractivity contribution < 1.29 is 18.9 Å². The van der Waals surface area contributed by atoms with Gasteiger partial charge in [0.15, 0.2) is 0 Å². The fourth-order valence-corrected chi connectivity index (χ4v) is 4.62. The van der Waals surface area contributed by atoms with Gasteiger partial charge in [-0.1, -0.05) is 97.9 Å². The summed E-state index contributed by atoms with van der Waals surface area (Å²) in [5.74, 6) is 0.580. The Morgan fingerprint density at radius 3 is 1.70 bits per heavy atom. The van der Waals surface area contributed by atoms with Crippen LogP contribution in [0.15, 0.2) is 109 Å². The van der Waals surface area contributed by atoms with Crippen molar-refractivity contribution in [2.24, 2.45) is 0 Å². The maximum absolute atomic E-state index is 6.54. The topological polar surface area (TPSA) is 49.8 Å². The van der Waals surface area contributed by atoms with Crippen LogP contribution in [0.25, 0.3) is 0 Å². The lowest BCUT2D eigenvalue weighted by Crippen LogP contribution is -2.35. The zero-order valence-electron chi connectivity index (χ0n) is 21.1. The smallest absolute Gasteiger partial charge is 0.213 e. The van der Waals surface area contributed by atoms with Crippen molar-refractivity contribution in [2.45, 2.75) is 57.6 Å². The molecular formula is C32H33NO4. The molecule has 1 aliphatic rings. The summed E-state index contributed by atoms with van der Waals surface area (Å²) in [4.78, 5) is 4.56. The number of aromatic nitrogens is 1. The van der Waals surface area contributed by atoms with Crippen LogP contribution in [0.1, 0.15) is 41.7 Å². The van der Waals surface area contributed by atoms with Crippen LogP contribution in [0, 0.1) is 0 Å². The molecule has 0 radical (unpaired) electrons. The van der Waals surface area contributed by atoms with Crippen LogP contribution in [0.5, 0.6) is 5.88 Å². The van der Waals surface area contributed by atoms with Crippen LogP contribution in [0.2, 0.25) is 0 Å². The Kier molecular flexibility index (Phi) is 8.59. The van der Waals surface area contributed by atoms with E-state index in [1.165, 1.54) is 0 Å². The number of benzene rings is 3. The van der Waals surface area contributed by atoms with Crippen LogP contribution < -0.4 is 4.74 Å². The minimum atomic E-state index is -0.287. The average Bonchev–Trinajstić information content (AvgIpc) is 3.33. The number of ether oxygens (including phenoxy) is 4. The van der Waals surface area contributed by atoms with Crippen LogP contribution in [-0.4, -0.2) is 23.3 Å². The molecular weight excluding hydrogens is 462 g/mol. The number of hydrogen-bond acceptors (Lipinski definition) is 5. The summed E-state index contributed by atoms with van der Waals surface area (Å²) in [5, 5.41) is 0. The third kappa shape index (κ3) is 6.63. The maximum Gasteiger partial charge on any atom is 0.213 e. The largest absolute Gasteiger partial charge is 0.473 e. The molecule has 1 aliphatic heterocycles. The van der Waals surface area contributed by atoms with Gasteiger partial charge in [-0.25, -0.2) is 4.98 Å². The van der Waals surface area contributed by atoms with Gasteiger partial charge in [0.05, 0.1) is 19.3 Å². The Labute approximate surface area is 219 Å². The highest BCUT2D eigenvalue weighted by molar-refractivity contribution is 5.24. The Morgan fingerprint density at radius 2 is 1.19 bits per heavy atom. The highest BCUT2D eigenvalue weighted by Gasteiger charge is 2.46. The summed E-state index contributed by atoms with van der Waals surface area (Å²) in [6.07, 6.45) is 1.82. The van der Waals surface area contributed by atoms with Gasteiger partial charge in [-0.15, -0.1) is 0 Å². The first kappa shape index (κ1) is 25.2. The Hall–Kier alpha value is -3.51. The van der Waals surface area contributed by atoms with Crippen molar-refractivity contribution in [1.82, 2.24) is 4.98 Å². The van der Waals surface area contributed by atoms with Gasteiger partial charge in [-0.2, -0.15) is 0 Å². The summed E-state index contributed by atoms with van der Waals surface area (Å²) in [6.45, 7) is 3.59. The van der Waals surface area contributed by atoms with E-state index in [1.54, 1.807) is 0 Å². The third-order valence-electron chi connectivity index (χ3n) is 6.60. The molecule has 3 aromatic carbocycles. The fourth-order valence-electron chi connectivity index (χ4n) is 4.62. The molecule has 4 aromatic rings. The van der Waals surface area contributed by atoms with E-state index in [4.69, 9.17) is 18.9 Å². The maximum atomic E-state index is 6.54. The molecule has 190 valence electrons. The summed E-state index contributed by atoms with van der Waals surface area (Å²) >= 11 is 0. The molecule has 5 heteroatoms. The highest BCUT2D eigenvalue weighted by Crippen LogP contribution is 2.39. The molecule has 5 rings (SSSR count). The van der Waals surface area contributed by atoms with Crippen molar-refractivity contribution in [1.29, 1.82) is 0 Å². The Morgan fingerprint density at radius 1 is 0.649 bits per heavy atom. The zero-order chi connectivity index (χ0) is 25.3. The summed E-state index contributed by atoms with van der Waals surface area (Å²) < 4.78 is 25.4. The summed E-state index contributed by atoms with van der Waals surface area (Å²) in [5.41, 5.74) is 4.30. The van der Waals surface area contributed by atoms with E-state index in [2.05, 4.69) is 36.2 Å². The lowest BCUT2D eigenvalue weighted by Gasteiger charge is -2.25. The van der Waals surface area contributed by atoms with Crippen LogP contribution in [-0.2, 0) is 34.0 Å². The molecule has 1 unspecified atom stereocenters. The zero-order valence-corrected chi connectivity index (χ0v) is 21.1. The average molecular weight is 496 g/mol. The van der Waals surface area contributed by atoms with E-state index in [9.17, 15) is 0 Å². The third-order valence-corrected chi connectivity index (χ3v) is 6.60.